The van der Waals surface area contributed by atoms with Gasteiger partial charge in [0.25, 0.3) is 0 Å². The molecule has 0 spiro atoms. The first kappa shape index (κ1) is 31.3. The summed E-state index contributed by atoms with van der Waals surface area (Å²) < 4.78 is 15.7. The molecule has 6 heteroatoms. The third-order valence-corrected chi connectivity index (χ3v) is 13.8. The molecule has 1 atom stereocenters. The minimum Gasteiger partial charge on any atom is -0.383 e. The van der Waals surface area contributed by atoms with Gasteiger partial charge in [-0.1, -0.05) is 152 Å². The Bertz CT molecular complexity index is 2050. The Morgan fingerprint density at radius 3 is 1.65 bits per heavy atom. The van der Waals surface area contributed by atoms with E-state index in [0.29, 0.717) is 5.84 Å². The van der Waals surface area contributed by atoms with Gasteiger partial charge in [-0.05, 0) is 71.5 Å². The van der Waals surface area contributed by atoms with Crippen molar-refractivity contribution in [2.45, 2.75) is 6.17 Å². The van der Waals surface area contributed by atoms with Crippen LogP contribution < -0.4 is 42.9 Å². The largest absolute Gasteiger partial charge is 0.383 e. The topological polar surface area (TPSA) is 67.5 Å². The number of benzene rings is 6. The van der Waals surface area contributed by atoms with Gasteiger partial charge >= 0.3 is 0 Å². The zero-order valence-corrected chi connectivity index (χ0v) is 28.1. The summed E-state index contributed by atoms with van der Waals surface area (Å²) in [7, 11) is -4.23. The van der Waals surface area contributed by atoms with Crippen LogP contribution in [0.15, 0.2) is 193 Å². The minimum atomic E-state index is -3.27. The van der Waals surface area contributed by atoms with Crippen LogP contribution in [-0.2, 0) is 4.57 Å². The highest BCUT2D eigenvalue weighted by Crippen LogP contribution is 2.44. The second kappa shape index (κ2) is 14.2. The highest BCUT2D eigenvalue weighted by molar-refractivity contribution is 7.85. The Morgan fingerprint density at radius 1 is 0.583 bits per heavy atom. The average Bonchev–Trinajstić information content (AvgIpc) is 3.16. The first-order chi connectivity index (χ1) is 23.6. The first-order valence-electron chi connectivity index (χ1n) is 15.9. The van der Waals surface area contributed by atoms with E-state index in [4.69, 9.17) is 5.73 Å². The van der Waals surface area contributed by atoms with Crippen molar-refractivity contribution in [2.75, 3.05) is 0 Å². The summed E-state index contributed by atoms with van der Waals surface area (Å²) in [6.45, 7) is 0. The molecule has 6 aromatic carbocycles. The van der Waals surface area contributed by atoms with Gasteiger partial charge in [0.1, 0.15) is 12.0 Å². The fourth-order valence-corrected chi connectivity index (χ4v) is 11.2. The van der Waals surface area contributed by atoms with Gasteiger partial charge in [0.05, 0.1) is 0 Å². The van der Waals surface area contributed by atoms with Gasteiger partial charge in [-0.2, -0.15) is 0 Å². The number of nitrogens with zero attached hydrogens (tertiary/aromatic N) is 1. The Balaban J connectivity index is 1.42. The molecular formula is C42H35N3OP2. The van der Waals surface area contributed by atoms with Gasteiger partial charge in [-0.3, -0.25) is 0 Å². The predicted octanol–water partition coefficient (Wildman–Crippen LogP) is 6.46. The molecule has 0 radical (unpaired) electrons. The zero-order chi connectivity index (χ0) is 32.8. The molecule has 4 nitrogen and oxygen atoms in total. The van der Waals surface area contributed by atoms with Crippen LogP contribution in [0.4, 0.5) is 0 Å². The molecule has 0 amide bonds. The van der Waals surface area contributed by atoms with Crippen molar-refractivity contribution in [1.29, 1.82) is 0 Å². The molecule has 3 N–H and O–H groups in total. The van der Waals surface area contributed by atoms with Crippen LogP contribution in [0.1, 0.15) is 5.56 Å². The van der Waals surface area contributed by atoms with Gasteiger partial charge in [-0.15, -0.1) is 0 Å². The fourth-order valence-electron chi connectivity index (χ4n) is 5.97. The second-order valence-corrected chi connectivity index (χ2v) is 16.5. The quantitative estimate of drug-likeness (QED) is 0.107. The molecule has 1 aliphatic rings. The maximum absolute atomic E-state index is 15.7. The normalized spacial score (nSPS) is 14.5. The number of nitrogens with two attached hydrogens (primary N) is 1. The lowest BCUT2D eigenvalue weighted by Gasteiger charge is -2.25. The molecule has 1 aliphatic heterocycles. The van der Waals surface area contributed by atoms with E-state index in [9.17, 15) is 0 Å². The van der Waals surface area contributed by atoms with E-state index in [0.717, 1.165) is 37.9 Å². The highest BCUT2D eigenvalue weighted by atomic mass is 31.2. The highest BCUT2D eigenvalue weighted by Gasteiger charge is 2.31. The Labute approximate surface area is 283 Å². The summed E-state index contributed by atoms with van der Waals surface area (Å²) in [5.41, 5.74) is 9.29. The lowest BCUT2D eigenvalue weighted by atomic mass is 10.0. The van der Waals surface area contributed by atoms with Gasteiger partial charge < -0.3 is 15.6 Å². The number of aliphatic imine (C=N–C) groups is 1. The molecule has 7 rings (SSSR count). The first-order valence-corrected chi connectivity index (χ1v) is 18.9. The van der Waals surface area contributed by atoms with E-state index < -0.39 is 15.1 Å². The van der Waals surface area contributed by atoms with E-state index in [1.807, 2.05) is 97.2 Å². The van der Waals surface area contributed by atoms with E-state index in [-0.39, 0.29) is 6.17 Å². The van der Waals surface area contributed by atoms with Crippen LogP contribution in [0, 0.1) is 0 Å². The van der Waals surface area contributed by atoms with Crippen molar-refractivity contribution in [3.8, 4) is 11.1 Å². The molecule has 0 fully saturated rings. The minimum absolute atomic E-state index is 0.200. The van der Waals surface area contributed by atoms with Crippen LogP contribution in [0.2, 0.25) is 0 Å². The smallest absolute Gasteiger partial charge is 0.171 e. The van der Waals surface area contributed by atoms with Crippen molar-refractivity contribution in [3.63, 3.8) is 0 Å². The van der Waals surface area contributed by atoms with Gasteiger partial charge in [-0.25, -0.2) is 4.99 Å². The monoisotopic (exact) mass is 659 g/mol. The number of allylic oxidation sites excluding steroid dienone is 2. The number of nitrogens with one attached hydrogen (secondary N) is 1. The number of rotatable bonds is 9. The average molecular weight is 660 g/mol. The molecule has 0 saturated carbocycles. The lowest BCUT2D eigenvalue weighted by molar-refractivity contribution is 0.592. The fraction of sp³-hybridized carbons (Fsp3) is 0.0238. The van der Waals surface area contributed by atoms with Crippen molar-refractivity contribution in [2.24, 2.45) is 10.7 Å². The molecule has 48 heavy (non-hydrogen) atoms. The molecule has 1 unspecified atom stereocenters. The van der Waals surface area contributed by atoms with Crippen molar-refractivity contribution in [1.82, 2.24) is 5.32 Å². The summed E-state index contributed by atoms with van der Waals surface area (Å²) in [6, 6.07) is 55.8. The molecule has 0 aliphatic carbocycles. The lowest BCUT2D eigenvalue weighted by Crippen LogP contribution is -2.29. The molecule has 0 aromatic heterocycles. The standard InChI is InChI=1S/C42H35N3OP2/c43-42(45-41-23-13-14-28-44-41)33-26-24-32(25-27-33)34-29-37(47(35-15-5-1-6-16-35)36-17-7-2-8-18-36)31-40(30-34)48(46,38-19-9-3-10-20-38)39-21-11-4-12-22-39/h1-31,41,44H,(H2,43,45). The van der Waals surface area contributed by atoms with E-state index in [1.54, 1.807) is 0 Å². The molecular weight excluding hydrogens is 624 g/mol. The summed E-state index contributed by atoms with van der Waals surface area (Å²) >= 11 is 0. The predicted molar refractivity (Wildman–Crippen MR) is 206 cm³/mol. The molecule has 1 heterocycles. The van der Waals surface area contributed by atoms with Crippen LogP contribution in [-0.4, -0.2) is 12.0 Å². The number of hydrogen-bond acceptors (Lipinski definition) is 3. The van der Waals surface area contributed by atoms with Crippen LogP contribution in [0.25, 0.3) is 11.1 Å². The Hall–Kier alpha value is -5.27. The molecule has 0 bridgehead atoms. The van der Waals surface area contributed by atoms with Gasteiger partial charge in [0.2, 0.25) is 0 Å². The van der Waals surface area contributed by atoms with Crippen molar-refractivity contribution >= 4 is 52.7 Å². The van der Waals surface area contributed by atoms with Crippen LogP contribution in [0.5, 0.6) is 0 Å². The number of dihydropyridines is 1. The van der Waals surface area contributed by atoms with E-state index in [2.05, 4.69) is 101 Å². The second-order valence-electron chi connectivity index (χ2n) is 11.5. The number of hydrogen-bond donors (Lipinski definition) is 2. The maximum Gasteiger partial charge on any atom is 0.171 e. The zero-order valence-electron chi connectivity index (χ0n) is 26.3. The third-order valence-electron chi connectivity index (χ3n) is 8.35. The summed E-state index contributed by atoms with van der Waals surface area (Å²) in [5.74, 6) is 0.461. The Kier molecular flexibility index (Phi) is 9.29. The van der Waals surface area contributed by atoms with Gasteiger partial charge in [0, 0.05) is 21.5 Å². The SMILES string of the molecule is NC(=NC1C=CC=CN1)c1ccc(-c2cc(P(c3ccccc3)c3ccccc3)cc(P(=O)(c3ccccc3)c3ccccc3)c2)cc1. The van der Waals surface area contributed by atoms with Crippen LogP contribution in [0.3, 0.4) is 0 Å². The number of amidine groups is 1. The molecule has 234 valence electrons. The van der Waals surface area contributed by atoms with E-state index in [1.165, 1.54) is 10.6 Å². The van der Waals surface area contributed by atoms with Gasteiger partial charge in [0.15, 0.2) is 7.14 Å². The molecule has 0 saturated heterocycles. The maximum atomic E-state index is 15.7. The van der Waals surface area contributed by atoms with E-state index >= 15 is 4.57 Å². The van der Waals surface area contributed by atoms with Crippen molar-refractivity contribution in [3.05, 3.63) is 194 Å². The third kappa shape index (κ3) is 6.60. The molecule has 6 aromatic rings. The summed E-state index contributed by atoms with van der Waals surface area (Å²) in [6.07, 6.45) is 7.50. The Morgan fingerprint density at radius 2 is 1.12 bits per heavy atom. The summed E-state index contributed by atoms with van der Waals surface area (Å²) in [5, 5.41) is 9.21. The summed E-state index contributed by atoms with van der Waals surface area (Å²) in [4.78, 5) is 4.64. The van der Waals surface area contributed by atoms with Crippen molar-refractivity contribution < 1.29 is 4.57 Å². The van der Waals surface area contributed by atoms with Crippen LogP contribution >= 0.6 is 15.1 Å².